The van der Waals surface area contributed by atoms with Gasteiger partial charge in [0.1, 0.15) is 0 Å². The predicted octanol–water partition coefficient (Wildman–Crippen LogP) is 3.46. The van der Waals surface area contributed by atoms with E-state index in [0.717, 1.165) is 14.9 Å². The van der Waals surface area contributed by atoms with E-state index in [4.69, 9.17) is 4.74 Å². The highest BCUT2D eigenvalue weighted by atomic mass is 79.9. The van der Waals surface area contributed by atoms with Gasteiger partial charge in [-0.25, -0.2) is 4.79 Å². The second-order valence-corrected chi connectivity index (χ2v) is 7.59. The average Bonchev–Trinajstić information content (AvgIpc) is 2.57. The standard InChI is InChI=1S/C17H23BrN2O3S/c1-4-23-17(22)20-7-5-19(6-8-20)16(21)11-24-15-10-12(2)14(18)9-13(15)3/h9-10H,4-8,11H2,1-3H3. The minimum atomic E-state index is -0.292. The normalized spacial score (nSPS) is 14.7. The number of thioether (sulfide) groups is 1. The zero-order chi connectivity index (χ0) is 17.7. The molecule has 5 nitrogen and oxygen atoms in total. The summed E-state index contributed by atoms with van der Waals surface area (Å²) in [6, 6.07) is 4.19. The van der Waals surface area contributed by atoms with E-state index in [0.29, 0.717) is 38.5 Å². The quantitative estimate of drug-likeness (QED) is 0.707. The van der Waals surface area contributed by atoms with E-state index >= 15 is 0 Å². The number of hydrogen-bond acceptors (Lipinski definition) is 4. The van der Waals surface area contributed by atoms with Crippen molar-refractivity contribution in [1.29, 1.82) is 0 Å². The molecule has 1 saturated heterocycles. The zero-order valence-corrected chi connectivity index (χ0v) is 16.7. The fourth-order valence-electron chi connectivity index (χ4n) is 2.49. The topological polar surface area (TPSA) is 49.9 Å². The second-order valence-electron chi connectivity index (χ2n) is 5.72. The minimum Gasteiger partial charge on any atom is -0.450 e. The Balaban J connectivity index is 1.84. The number of nitrogens with zero attached hydrogens (tertiary/aromatic N) is 2. The molecule has 0 spiro atoms. The highest BCUT2D eigenvalue weighted by Crippen LogP contribution is 2.28. The van der Waals surface area contributed by atoms with Gasteiger partial charge in [-0.3, -0.25) is 4.79 Å². The second kappa shape index (κ2) is 8.76. The summed E-state index contributed by atoms with van der Waals surface area (Å²) in [5.74, 6) is 0.532. The molecule has 24 heavy (non-hydrogen) atoms. The lowest BCUT2D eigenvalue weighted by Gasteiger charge is -2.34. The Morgan fingerprint density at radius 2 is 1.75 bits per heavy atom. The van der Waals surface area contributed by atoms with Gasteiger partial charge in [-0.1, -0.05) is 15.9 Å². The molecule has 132 valence electrons. The molecule has 0 bridgehead atoms. The number of aryl methyl sites for hydroxylation is 2. The van der Waals surface area contributed by atoms with Crippen molar-refractivity contribution in [3.63, 3.8) is 0 Å². The highest BCUT2D eigenvalue weighted by molar-refractivity contribution is 9.10. The zero-order valence-electron chi connectivity index (χ0n) is 14.3. The van der Waals surface area contributed by atoms with Crippen molar-refractivity contribution in [2.75, 3.05) is 38.5 Å². The first-order chi connectivity index (χ1) is 11.4. The van der Waals surface area contributed by atoms with Crippen molar-refractivity contribution in [1.82, 2.24) is 9.80 Å². The number of halogens is 1. The van der Waals surface area contributed by atoms with Crippen molar-refractivity contribution < 1.29 is 14.3 Å². The first kappa shape index (κ1) is 19.1. The molecule has 0 atom stereocenters. The largest absolute Gasteiger partial charge is 0.450 e. The Hall–Kier alpha value is -1.21. The van der Waals surface area contributed by atoms with Crippen LogP contribution in [0.5, 0.6) is 0 Å². The summed E-state index contributed by atoms with van der Waals surface area (Å²) < 4.78 is 6.08. The van der Waals surface area contributed by atoms with Crippen LogP contribution in [-0.2, 0) is 9.53 Å². The molecule has 0 aromatic heterocycles. The van der Waals surface area contributed by atoms with Crippen molar-refractivity contribution in [2.45, 2.75) is 25.7 Å². The third-order valence-electron chi connectivity index (χ3n) is 3.97. The highest BCUT2D eigenvalue weighted by Gasteiger charge is 2.24. The number of carbonyl (C=O) groups excluding carboxylic acids is 2. The van der Waals surface area contributed by atoms with Gasteiger partial charge in [0, 0.05) is 35.5 Å². The monoisotopic (exact) mass is 414 g/mol. The summed E-state index contributed by atoms with van der Waals surface area (Å²) in [5.41, 5.74) is 2.33. The minimum absolute atomic E-state index is 0.114. The van der Waals surface area contributed by atoms with E-state index in [-0.39, 0.29) is 12.0 Å². The van der Waals surface area contributed by atoms with Crippen LogP contribution in [-0.4, -0.2) is 60.3 Å². The average molecular weight is 415 g/mol. The van der Waals surface area contributed by atoms with Crippen LogP contribution in [0, 0.1) is 13.8 Å². The number of rotatable bonds is 4. The molecule has 1 aliphatic heterocycles. The van der Waals surface area contributed by atoms with E-state index in [1.165, 1.54) is 5.56 Å². The van der Waals surface area contributed by atoms with Crippen molar-refractivity contribution >= 4 is 39.7 Å². The summed E-state index contributed by atoms with van der Waals surface area (Å²) in [7, 11) is 0. The summed E-state index contributed by atoms with van der Waals surface area (Å²) in [6.45, 7) is 8.46. The SMILES string of the molecule is CCOC(=O)N1CCN(C(=O)CSc2cc(C)c(Br)cc2C)CC1. The smallest absolute Gasteiger partial charge is 0.409 e. The van der Waals surface area contributed by atoms with E-state index in [1.54, 1.807) is 23.6 Å². The summed E-state index contributed by atoms with van der Waals surface area (Å²) in [6.07, 6.45) is -0.292. The Labute approximate surface area is 155 Å². The molecule has 1 heterocycles. The van der Waals surface area contributed by atoms with Gasteiger partial charge in [-0.15, -0.1) is 11.8 Å². The van der Waals surface area contributed by atoms with Gasteiger partial charge < -0.3 is 14.5 Å². The summed E-state index contributed by atoms with van der Waals surface area (Å²) >= 11 is 5.09. The first-order valence-corrected chi connectivity index (χ1v) is 9.79. The van der Waals surface area contributed by atoms with Crippen LogP contribution < -0.4 is 0 Å². The van der Waals surface area contributed by atoms with Crippen molar-refractivity contribution in [3.05, 3.63) is 27.7 Å². The van der Waals surface area contributed by atoms with Gasteiger partial charge in [0.25, 0.3) is 0 Å². The van der Waals surface area contributed by atoms with Gasteiger partial charge in [0.2, 0.25) is 5.91 Å². The molecule has 7 heteroatoms. The molecule has 2 amide bonds. The molecule has 2 rings (SSSR count). The molecule has 1 aromatic rings. The van der Waals surface area contributed by atoms with E-state index in [2.05, 4.69) is 35.0 Å². The fraction of sp³-hybridized carbons (Fsp3) is 0.529. The molecule has 1 aromatic carbocycles. The lowest BCUT2D eigenvalue weighted by atomic mass is 10.2. The Kier molecular flexibility index (Phi) is 6.98. The maximum atomic E-state index is 12.4. The van der Waals surface area contributed by atoms with Gasteiger partial charge >= 0.3 is 6.09 Å². The summed E-state index contributed by atoms with van der Waals surface area (Å²) in [5, 5.41) is 0. The third kappa shape index (κ3) is 4.89. The number of carbonyl (C=O) groups is 2. The van der Waals surface area contributed by atoms with Crippen LogP contribution in [0.25, 0.3) is 0 Å². The van der Waals surface area contributed by atoms with Crippen molar-refractivity contribution in [2.24, 2.45) is 0 Å². The maximum absolute atomic E-state index is 12.4. The number of ether oxygens (including phenoxy) is 1. The van der Waals surface area contributed by atoms with E-state index in [1.807, 2.05) is 11.8 Å². The first-order valence-electron chi connectivity index (χ1n) is 8.01. The Morgan fingerprint density at radius 3 is 2.38 bits per heavy atom. The predicted molar refractivity (Wildman–Crippen MR) is 99.5 cm³/mol. The molecule has 0 unspecified atom stereocenters. The van der Waals surface area contributed by atoms with Gasteiger partial charge in [-0.2, -0.15) is 0 Å². The molecule has 0 N–H and O–H groups in total. The van der Waals surface area contributed by atoms with Crippen LogP contribution in [0.3, 0.4) is 0 Å². The number of benzene rings is 1. The van der Waals surface area contributed by atoms with E-state index in [9.17, 15) is 9.59 Å². The third-order valence-corrected chi connectivity index (χ3v) is 5.96. The molecular formula is C17H23BrN2O3S. The number of hydrogen-bond donors (Lipinski definition) is 0. The van der Waals surface area contributed by atoms with Crippen LogP contribution >= 0.6 is 27.7 Å². The number of piperazine rings is 1. The van der Waals surface area contributed by atoms with Gasteiger partial charge in [-0.05, 0) is 44.0 Å². The molecule has 0 aliphatic carbocycles. The molecule has 1 fully saturated rings. The van der Waals surface area contributed by atoms with Crippen molar-refractivity contribution in [3.8, 4) is 0 Å². The lowest BCUT2D eigenvalue weighted by molar-refractivity contribution is -0.129. The van der Waals surface area contributed by atoms with Crippen LogP contribution in [0.4, 0.5) is 4.79 Å². The maximum Gasteiger partial charge on any atom is 0.409 e. The summed E-state index contributed by atoms with van der Waals surface area (Å²) in [4.78, 5) is 28.7. The molecule has 1 aliphatic rings. The van der Waals surface area contributed by atoms with Gasteiger partial charge in [0.15, 0.2) is 0 Å². The van der Waals surface area contributed by atoms with Crippen LogP contribution in [0.15, 0.2) is 21.5 Å². The van der Waals surface area contributed by atoms with Crippen LogP contribution in [0.1, 0.15) is 18.1 Å². The fourth-order valence-corrected chi connectivity index (χ4v) is 3.96. The Morgan fingerprint density at radius 1 is 1.12 bits per heavy atom. The van der Waals surface area contributed by atoms with Gasteiger partial charge in [0.05, 0.1) is 12.4 Å². The van der Waals surface area contributed by atoms with Crippen LogP contribution in [0.2, 0.25) is 0 Å². The Bertz CT molecular complexity index is 616. The molecule has 0 saturated carbocycles. The van der Waals surface area contributed by atoms with E-state index < -0.39 is 0 Å². The number of amides is 2. The lowest BCUT2D eigenvalue weighted by Crippen LogP contribution is -2.51. The molecular weight excluding hydrogens is 392 g/mol. The molecule has 0 radical (unpaired) electrons.